The third kappa shape index (κ3) is 8.23. The summed E-state index contributed by atoms with van der Waals surface area (Å²) in [6, 6.07) is 18.8. The Morgan fingerprint density at radius 1 is 1.00 bits per heavy atom. The Hall–Kier alpha value is -4.05. The lowest BCUT2D eigenvalue weighted by Gasteiger charge is -2.32. The number of benzene rings is 3. The van der Waals surface area contributed by atoms with Crippen molar-refractivity contribution in [1.82, 2.24) is 10.2 Å². The van der Waals surface area contributed by atoms with Gasteiger partial charge in [0.2, 0.25) is 11.8 Å². The molecule has 10 heteroatoms. The molecule has 0 aliphatic carbocycles. The fourth-order valence-electron chi connectivity index (χ4n) is 4.23. The van der Waals surface area contributed by atoms with Crippen molar-refractivity contribution in [2.24, 2.45) is 4.99 Å². The number of nitrogens with one attached hydrogen (secondary N) is 1. The summed E-state index contributed by atoms with van der Waals surface area (Å²) in [5, 5.41) is 2.70. The average Bonchev–Trinajstić information content (AvgIpc) is 2.97. The molecule has 1 N–H and O–H groups in total. The largest absolute Gasteiger partial charge is 0.497 e. The highest BCUT2D eigenvalue weighted by molar-refractivity contribution is 8.15. The van der Waals surface area contributed by atoms with Crippen molar-refractivity contribution in [3.63, 3.8) is 0 Å². The first-order valence-electron chi connectivity index (χ1n) is 13.5. The molecule has 1 atom stereocenters. The lowest BCUT2D eigenvalue weighted by Crippen LogP contribution is -2.46. The van der Waals surface area contributed by atoms with Crippen LogP contribution in [-0.4, -0.2) is 54.0 Å². The van der Waals surface area contributed by atoms with Gasteiger partial charge >= 0.3 is 0 Å². The fraction of sp³-hybridized carbons (Fsp3) is 0.323. The van der Waals surface area contributed by atoms with Crippen LogP contribution in [0.25, 0.3) is 0 Å². The number of nitrogens with zero attached hydrogens (tertiary/aromatic N) is 2. The third-order valence-corrected chi connectivity index (χ3v) is 7.49. The Bertz CT molecular complexity index is 1370. The van der Waals surface area contributed by atoms with Crippen LogP contribution in [-0.2, 0) is 22.6 Å². The standard InChI is InChI=1S/C31H34FN3O5S/c1-4-39-26-15-8-21(18-27(26)40-5-2)16-17-33-30(37)28-19-29(36)35(20-22-6-13-25(38-3)14-7-22)31(41-28)34-24-11-9-23(32)10-12-24/h6-15,18,28H,4-5,16-17,19-20H2,1-3H3,(H,33,37)/t28-/m1/s1. The highest BCUT2D eigenvalue weighted by atomic mass is 32.2. The highest BCUT2D eigenvalue weighted by Crippen LogP contribution is 2.31. The van der Waals surface area contributed by atoms with Gasteiger partial charge in [-0.1, -0.05) is 30.0 Å². The number of ether oxygens (including phenoxy) is 3. The maximum absolute atomic E-state index is 13.5. The molecule has 0 aromatic heterocycles. The van der Waals surface area contributed by atoms with Gasteiger partial charge < -0.3 is 19.5 Å². The number of aliphatic imine (C=N–C) groups is 1. The maximum Gasteiger partial charge on any atom is 0.234 e. The van der Waals surface area contributed by atoms with E-state index in [0.717, 1.165) is 11.1 Å². The summed E-state index contributed by atoms with van der Waals surface area (Å²) in [6.07, 6.45) is 0.621. The van der Waals surface area contributed by atoms with Crippen LogP contribution in [0.15, 0.2) is 71.7 Å². The van der Waals surface area contributed by atoms with Crippen LogP contribution in [0, 0.1) is 5.82 Å². The van der Waals surface area contributed by atoms with Crippen LogP contribution < -0.4 is 19.5 Å². The molecular formula is C31H34FN3O5S. The van der Waals surface area contributed by atoms with Crippen molar-refractivity contribution >= 4 is 34.4 Å². The van der Waals surface area contributed by atoms with E-state index in [1.54, 1.807) is 12.0 Å². The van der Waals surface area contributed by atoms with Gasteiger partial charge in [-0.05, 0) is 79.9 Å². The van der Waals surface area contributed by atoms with E-state index in [1.807, 2.05) is 56.3 Å². The number of hydrogen-bond donors (Lipinski definition) is 1. The first kappa shape index (κ1) is 29.9. The Morgan fingerprint density at radius 2 is 1.68 bits per heavy atom. The van der Waals surface area contributed by atoms with Crippen LogP contribution >= 0.6 is 11.8 Å². The first-order chi connectivity index (χ1) is 19.9. The zero-order chi connectivity index (χ0) is 29.2. The van der Waals surface area contributed by atoms with Crippen LogP contribution in [0.4, 0.5) is 10.1 Å². The second-order valence-corrected chi connectivity index (χ2v) is 10.4. The van der Waals surface area contributed by atoms with Gasteiger partial charge in [-0.2, -0.15) is 0 Å². The van der Waals surface area contributed by atoms with Crippen molar-refractivity contribution in [2.75, 3.05) is 26.9 Å². The van der Waals surface area contributed by atoms with Gasteiger partial charge in [0.1, 0.15) is 11.6 Å². The number of methoxy groups -OCH3 is 1. The second kappa shape index (κ2) is 14.5. The number of carbonyl (C=O) groups is 2. The van der Waals surface area contributed by atoms with E-state index in [4.69, 9.17) is 14.2 Å². The molecule has 0 unspecified atom stereocenters. The van der Waals surface area contributed by atoms with Crippen molar-refractivity contribution in [2.45, 2.75) is 38.5 Å². The molecule has 1 aliphatic heterocycles. The van der Waals surface area contributed by atoms with Crippen molar-refractivity contribution < 1.29 is 28.2 Å². The minimum absolute atomic E-state index is 0.0344. The molecule has 4 rings (SSSR count). The molecule has 8 nitrogen and oxygen atoms in total. The van der Waals surface area contributed by atoms with E-state index in [9.17, 15) is 14.0 Å². The highest BCUT2D eigenvalue weighted by Gasteiger charge is 2.36. The van der Waals surface area contributed by atoms with E-state index in [0.29, 0.717) is 54.3 Å². The monoisotopic (exact) mass is 579 g/mol. The van der Waals surface area contributed by atoms with Gasteiger partial charge in [0.15, 0.2) is 16.7 Å². The zero-order valence-corrected chi connectivity index (χ0v) is 24.2. The van der Waals surface area contributed by atoms with Crippen molar-refractivity contribution in [3.05, 3.63) is 83.7 Å². The van der Waals surface area contributed by atoms with Gasteiger partial charge in [-0.3, -0.25) is 14.5 Å². The Balaban J connectivity index is 1.45. The molecule has 1 saturated heterocycles. The molecule has 1 aliphatic rings. The number of thioether (sulfide) groups is 1. The molecule has 0 bridgehead atoms. The molecule has 0 radical (unpaired) electrons. The van der Waals surface area contributed by atoms with E-state index in [2.05, 4.69) is 10.3 Å². The Morgan fingerprint density at radius 3 is 2.37 bits per heavy atom. The number of halogens is 1. The lowest BCUT2D eigenvalue weighted by atomic mass is 10.1. The maximum atomic E-state index is 13.5. The molecule has 216 valence electrons. The minimum atomic E-state index is -0.645. The Labute approximate surface area is 243 Å². The van der Waals surface area contributed by atoms with E-state index >= 15 is 0 Å². The summed E-state index contributed by atoms with van der Waals surface area (Å²) < 4.78 is 30.0. The molecule has 0 saturated carbocycles. The second-order valence-electron chi connectivity index (χ2n) is 9.20. The zero-order valence-electron chi connectivity index (χ0n) is 23.4. The summed E-state index contributed by atoms with van der Waals surface area (Å²) in [5.74, 6) is 1.24. The van der Waals surface area contributed by atoms with Crippen molar-refractivity contribution in [3.8, 4) is 17.2 Å². The van der Waals surface area contributed by atoms with Crippen molar-refractivity contribution in [1.29, 1.82) is 0 Å². The van der Waals surface area contributed by atoms with Gasteiger partial charge in [0, 0.05) is 13.0 Å². The number of rotatable bonds is 12. The first-order valence-corrected chi connectivity index (χ1v) is 14.4. The quantitative estimate of drug-likeness (QED) is 0.304. The van der Waals surface area contributed by atoms with E-state index in [1.165, 1.54) is 36.0 Å². The Kier molecular flexibility index (Phi) is 10.6. The fourth-order valence-corrected chi connectivity index (χ4v) is 5.35. The molecule has 3 aromatic rings. The van der Waals surface area contributed by atoms with Gasteiger partial charge in [0.05, 0.1) is 37.8 Å². The normalized spacial score (nSPS) is 16.0. The van der Waals surface area contributed by atoms with E-state index < -0.39 is 5.25 Å². The molecule has 41 heavy (non-hydrogen) atoms. The predicted octanol–water partition coefficient (Wildman–Crippen LogP) is 5.51. The van der Waals surface area contributed by atoms with Gasteiger partial charge in [-0.25, -0.2) is 9.38 Å². The molecular weight excluding hydrogens is 545 g/mol. The lowest BCUT2D eigenvalue weighted by molar-refractivity contribution is -0.130. The average molecular weight is 580 g/mol. The number of hydrogen-bond acceptors (Lipinski definition) is 7. The molecule has 3 aromatic carbocycles. The summed E-state index contributed by atoms with van der Waals surface area (Å²) in [5.41, 5.74) is 2.37. The summed E-state index contributed by atoms with van der Waals surface area (Å²) in [4.78, 5) is 32.7. The SMILES string of the molecule is CCOc1ccc(CCNC(=O)[C@H]2CC(=O)N(Cc3ccc(OC)cc3)C(=Nc3ccc(F)cc3)S2)cc1OCC. The smallest absolute Gasteiger partial charge is 0.234 e. The molecule has 2 amide bonds. The number of amidine groups is 1. The molecule has 1 heterocycles. The molecule has 1 fully saturated rings. The van der Waals surface area contributed by atoms with Crippen LogP contribution in [0.1, 0.15) is 31.4 Å². The molecule has 0 spiro atoms. The van der Waals surface area contributed by atoms with Crippen LogP contribution in [0.3, 0.4) is 0 Å². The van der Waals surface area contributed by atoms with Crippen LogP contribution in [0.5, 0.6) is 17.2 Å². The van der Waals surface area contributed by atoms with Gasteiger partial charge in [-0.15, -0.1) is 0 Å². The summed E-state index contributed by atoms with van der Waals surface area (Å²) >= 11 is 1.23. The summed E-state index contributed by atoms with van der Waals surface area (Å²) in [6.45, 7) is 5.56. The third-order valence-electron chi connectivity index (χ3n) is 6.30. The predicted molar refractivity (Wildman–Crippen MR) is 159 cm³/mol. The summed E-state index contributed by atoms with van der Waals surface area (Å²) in [7, 11) is 1.59. The minimum Gasteiger partial charge on any atom is -0.497 e. The topological polar surface area (TPSA) is 89.5 Å². The number of carbonyl (C=O) groups excluding carboxylic acids is 2. The van der Waals surface area contributed by atoms with E-state index in [-0.39, 0.29) is 30.6 Å². The van der Waals surface area contributed by atoms with Crippen LogP contribution in [0.2, 0.25) is 0 Å². The van der Waals surface area contributed by atoms with Gasteiger partial charge in [0.25, 0.3) is 0 Å². The number of amides is 2.